The summed E-state index contributed by atoms with van der Waals surface area (Å²) >= 11 is 0. The summed E-state index contributed by atoms with van der Waals surface area (Å²) in [6.45, 7) is 8.47. The van der Waals surface area contributed by atoms with Crippen molar-refractivity contribution < 1.29 is 9.53 Å². The Bertz CT molecular complexity index is 243. The lowest BCUT2D eigenvalue weighted by atomic mass is 10.3. The predicted molar refractivity (Wildman–Crippen MR) is 62.3 cm³/mol. The molecule has 0 aromatic carbocycles. The molecule has 0 unspecified atom stereocenters. The second-order valence-electron chi connectivity index (χ2n) is 5.08. The van der Waals surface area contributed by atoms with Crippen molar-refractivity contribution in [2.75, 3.05) is 32.7 Å². The second-order valence-corrected chi connectivity index (χ2v) is 5.08. The van der Waals surface area contributed by atoms with Crippen LogP contribution in [0, 0.1) is 0 Å². The van der Waals surface area contributed by atoms with Gasteiger partial charge < -0.3 is 4.74 Å². The summed E-state index contributed by atoms with van der Waals surface area (Å²) in [6, 6.07) is 0.852. The highest BCUT2D eigenvalue weighted by atomic mass is 16.5. The van der Waals surface area contributed by atoms with Crippen molar-refractivity contribution in [3.8, 4) is 0 Å². The van der Waals surface area contributed by atoms with E-state index in [2.05, 4.69) is 9.80 Å². The van der Waals surface area contributed by atoms with Gasteiger partial charge in [-0.1, -0.05) is 0 Å². The van der Waals surface area contributed by atoms with Crippen LogP contribution in [-0.2, 0) is 9.53 Å². The first-order chi connectivity index (χ1) is 7.65. The van der Waals surface area contributed by atoms with Crippen molar-refractivity contribution in [1.82, 2.24) is 9.80 Å². The maximum Gasteiger partial charge on any atom is 0.320 e. The van der Waals surface area contributed by atoms with E-state index in [1.54, 1.807) is 0 Å². The SMILES string of the molecule is CC(C)OC(=O)CN1CCN(C2CC2)CC1. The Hall–Kier alpha value is -0.610. The molecular weight excluding hydrogens is 204 g/mol. The van der Waals surface area contributed by atoms with E-state index in [0.29, 0.717) is 6.54 Å². The Labute approximate surface area is 97.5 Å². The molecule has 4 heteroatoms. The molecule has 0 radical (unpaired) electrons. The van der Waals surface area contributed by atoms with Gasteiger partial charge in [-0.25, -0.2) is 0 Å². The number of carbonyl (C=O) groups is 1. The number of rotatable bonds is 4. The molecule has 1 heterocycles. The number of esters is 1. The van der Waals surface area contributed by atoms with Gasteiger partial charge in [0.1, 0.15) is 0 Å². The lowest BCUT2D eigenvalue weighted by Crippen LogP contribution is -2.48. The first-order valence-corrected chi connectivity index (χ1v) is 6.31. The average molecular weight is 226 g/mol. The summed E-state index contributed by atoms with van der Waals surface area (Å²) in [5.74, 6) is -0.0881. The van der Waals surface area contributed by atoms with Gasteiger partial charge in [-0.3, -0.25) is 14.6 Å². The fourth-order valence-corrected chi connectivity index (χ4v) is 2.21. The molecule has 2 fully saturated rings. The van der Waals surface area contributed by atoms with E-state index in [4.69, 9.17) is 4.74 Å². The van der Waals surface area contributed by atoms with Crippen LogP contribution in [0.1, 0.15) is 26.7 Å². The van der Waals surface area contributed by atoms with Gasteiger partial charge in [0.2, 0.25) is 0 Å². The summed E-state index contributed by atoms with van der Waals surface area (Å²) in [7, 11) is 0. The highest BCUT2D eigenvalue weighted by molar-refractivity contribution is 5.71. The standard InChI is InChI=1S/C12H22N2O2/c1-10(2)16-12(15)9-13-5-7-14(8-6-13)11-3-4-11/h10-11H,3-9H2,1-2H3. The van der Waals surface area contributed by atoms with Gasteiger partial charge in [-0.05, 0) is 26.7 Å². The zero-order chi connectivity index (χ0) is 11.5. The second kappa shape index (κ2) is 5.15. The highest BCUT2D eigenvalue weighted by Gasteiger charge is 2.31. The van der Waals surface area contributed by atoms with E-state index in [-0.39, 0.29) is 12.1 Å². The minimum absolute atomic E-state index is 0.000234. The first-order valence-electron chi connectivity index (χ1n) is 6.31. The summed E-state index contributed by atoms with van der Waals surface area (Å²) in [6.07, 6.45) is 2.74. The van der Waals surface area contributed by atoms with Crippen molar-refractivity contribution in [3.63, 3.8) is 0 Å². The average Bonchev–Trinajstić information content (AvgIpc) is 3.00. The van der Waals surface area contributed by atoms with Gasteiger partial charge in [-0.15, -0.1) is 0 Å². The van der Waals surface area contributed by atoms with Crippen molar-refractivity contribution >= 4 is 5.97 Å². The molecule has 1 saturated carbocycles. The molecule has 2 rings (SSSR count). The topological polar surface area (TPSA) is 32.8 Å². The lowest BCUT2D eigenvalue weighted by molar-refractivity contribution is -0.149. The minimum Gasteiger partial charge on any atom is -0.462 e. The van der Waals surface area contributed by atoms with Crippen LogP contribution in [0.25, 0.3) is 0 Å². The molecular formula is C12H22N2O2. The van der Waals surface area contributed by atoms with Crippen molar-refractivity contribution in [2.24, 2.45) is 0 Å². The van der Waals surface area contributed by atoms with E-state index >= 15 is 0 Å². The molecule has 2 aliphatic rings. The van der Waals surface area contributed by atoms with Crippen LogP contribution in [-0.4, -0.2) is 60.6 Å². The molecule has 0 aromatic heterocycles. The molecule has 92 valence electrons. The number of hydrogen-bond acceptors (Lipinski definition) is 4. The van der Waals surface area contributed by atoms with E-state index in [0.717, 1.165) is 32.2 Å². The van der Waals surface area contributed by atoms with Crippen LogP contribution in [0.4, 0.5) is 0 Å². The maximum atomic E-state index is 11.5. The van der Waals surface area contributed by atoms with Crippen LogP contribution in [0.3, 0.4) is 0 Å². The zero-order valence-corrected chi connectivity index (χ0v) is 10.3. The third-order valence-electron chi connectivity index (χ3n) is 3.19. The van der Waals surface area contributed by atoms with Gasteiger partial charge >= 0.3 is 5.97 Å². The predicted octanol–water partition coefficient (Wildman–Crippen LogP) is 0.718. The van der Waals surface area contributed by atoms with E-state index in [1.807, 2.05) is 13.8 Å². The molecule has 1 aliphatic carbocycles. The molecule has 1 saturated heterocycles. The van der Waals surface area contributed by atoms with Gasteiger partial charge in [-0.2, -0.15) is 0 Å². The summed E-state index contributed by atoms with van der Waals surface area (Å²) in [5, 5.41) is 0. The van der Waals surface area contributed by atoms with Crippen LogP contribution in [0.15, 0.2) is 0 Å². The number of piperazine rings is 1. The Morgan fingerprint density at radius 3 is 2.38 bits per heavy atom. The van der Waals surface area contributed by atoms with Gasteiger partial charge in [0.15, 0.2) is 0 Å². The van der Waals surface area contributed by atoms with Crippen LogP contribution in [0.5, 0.6) is 0 Å². The Kier molecular flexibility index (Phi) is 3.82. The molecule has 1 aliphatic heterocycles. The number of ether oxygens (including phenoxy) is 1. The molecule has 0 atom stereocenters. The molecule has 0 spiro atoms. The first kappa shape index (κ1) is 11.9. The maximum absolute atomic E-state index is 11.5. The zero-order valence-electron chi connectivity index (χ0n) is 10.3. The van der Waals surface area contributed by atoms with Gasteiger partial charge in [0, 0.05) is 32.2 Å². The molecule has 0 bridgehead atoms. The van der Waals surface area contributed by atoms with E-state index in [9.17, 15) is 4.79 Å². The monoisotopic (exact) mass is 226 g/mol. The fraction of sp³-hybridized carbons (Fsp3) is 0.917. The van der Waals surface area contributed by atoms with Crippen LogP contribution in [0.2, 0.25) is 0 Å². The molecule has 0 aromatic rings. The molecule has 16 heavy (non-hydrogen) atoms. The smallest absolute Gasteiger partial charge is 0.320 e. The summed E-state index contributed by atoms with van der Waals surface area (Å²) in [4.78, 5) is 16.2. The fourth-order valence-electron chi connectivity index (χ4n) is 2.21. The minimum atomic E-state index is -0.0881. The van der Waals surface area contributed by atoms with Crippen molar-refractivity contribution in [2.45, 2.75) is 38.8 Å². The van der Waals surface area contributed by atoms with E-state index in [1.165, 1.54) is 12.8 Å². The largest absolute Gasteiger partial charge is 0.462 e. The van der Waals surface area contributed by atoms with Crippen molar-refractivity contribution in [1.29, 1.82) is 0 Å². The van der Waals surface area contributed by atoms with E-state index < -0.39 is 0 Å². The molecule has 4 nitrogen and oxygen atoms in total. The number of carbonyl (C=O) groups excluding carboxylic acids is 1. The Balaban J connectivity index is 1.66. The highest BCUT2D eigenvalue weighted by Crippen LogP contribution is 2.27. The summed E-state index contributed by atoms with van der Waals surface area (Å²) in [5.41, 5.74) is 0. The van der Waals surface area contributed by atoms with Gasteiger partial charge in [0.25, 0.3) is 0 Å². The Morgan fingerprint density at radius 2 is 1.88 bits per heavy atom. The van der Waals surface area contributed by atoms with Gasteiger partial charge in [0.05, 0.1) is 12.6 Å². The number of nitrogens with zero attached hydrogens (tertiary/aromatic N) is 2. The summed E-state index contributed by atoms with van der Waals surface area (Å²) < 4.78 is 5.15. The van der Waals surface area contributed by atoms with Crippen LogP contribution < -0.4 is 0 Å². The third-order valence-corrected chi connectivity index (χ3v) is 3.19. The van der Waals surface area contributed by atoms with Crippen molar-refractivity contribution in [3.05, 3.63) is 0 Å². The Morgan fingerprint density at radius 1 is 1.25 bits per heavy atom. The molecule has 0 amide bonds. The normalized spacial score (nSPS) is 23.7. The molecule has 0 N–H and O–H groups in total. The third kappa shape index (κ3) is 3.46. The number of hydrogen-bond donors (Lipinski definition) is 0. The van der Waals surface area contributed by atoms with Crippen LogP contribution >= 0.6 is 0 Å². The lowest BCUT2D eigenvalue weighted by Gasteiger charge is -2.34. The quantitative estimate of drug-likeness (QED) is 0.661.